The van der Waals surface area contributed by atoms with E-state index in [4.69, 9.17) is 4.55 Å². The van der Waals surface area contributed by atoms with Crippen molar-refractivity contribution in [1.29, 1.82) is 0 Å². The molecule has 5 nitrogen and oxygen atoms in total. The smallest absolute Gasteiger partial charge is 0.409 e. The second-order valence-electron chi connectivity index (χ2n) is 4.13. The summed E-state index contributed by atoms with van der Waals surface area (Å²) in [7, 11) is -6.51. The Morgan fingerprint density at radius 3 is 2.04 bits per heavy atom. The van der Waals surface area contributed by atoms with E-state index in [2.05, 4.69) is 4.74 Å². The SMILES string of the molecule is O=C(Oc1cc(I)cc(I)c1I)C(C(F)(F)F)C(F)(F)S(=O)(=O)O. The van der Waals surface area contributed by atoms with Crippen molar-refractivity contribution in [2.45, 2.75) is 11.4 Å². The maximum atomic E-state index is 13.4. The summed E-state index contributed by atoms with van der Waals surface area (Å²) in [6, 6.07) is 2.69. The highest BCUT2D eigenvalue weighted by Crippen LogP contribution is 2.42. The van der Waals surface area contributed by atoms with Crippen LogP contribution < -0.4 is 4.74 Å². The zero-order valence-electron chi connectivity index (χ0n) is 10.7. The summed E-state index contributed by atoms with van der Waals surface area (Å²) < 4.78 is 100. The lowest BCUT2D eigenvalue weighted by Gasteiger charge is -2.24. The number of carbonyl (C=O) groups excluding carboxylic acids is 1. The Kier molecular flexibility index (Phi) is 7.11. The van der Waals surface area contributed by atoms with E-state index in [1.807, 2.05) is 0 Å². The third kappa shape index (κ3) is 5.00. The maximum absolute atomic E-state index is 13.4. The van der Waals surface area contributed by atoms with Crippen LogP contribution in [0.25, 0.3) is 0 Å². The molecular weight excluding hydrogens is 708 g/mol. The number of hydrogen-bond donors (Lipinski definition) is 1. The first-order chi connectivity index (χ1) is 10.6. The highest BCUT2D eigenvalue weighted by Gasteiger charge is 2.67. The number of halogens is 8. The van der Waals surface area contributed by atoms with Crippen molar-refractivity contribution in [3.05, 3.63) is 22.8 Å². The first-order valence-electron chi connectivity index (χ1n) is 5.36. The molecule has 0 saturated heterocycles. The molecule has 0 heterocycles. The number of esters is 1. The van der Waals surface area contributed by atoms with Crippen molar-refractivity contribution < 1.29 is 44.5 Å². The van der Waals surface area contributed by atoms with Crippen LogP contribution in [0.1, 0.15) is 0 Å². The summed E-state index contributed by atoms with van der Waals surface area (Å²) in [4.78, 5) is 11.6. The van der Waals surface area contributed by atoms with Gasteiger partial charge in [0.1, 0.15) is 5.75 Å². The van der Waals surface area contributed by atoms with Gasteiger partial charge in [-0.05, 0) is 79.9 Å². The zero-order chi connectivity index (χ0) is 19.1. The fourth-order valence-electron chi connectivity index (χ4n) is 1.38. The van der Waals surface area contributed by atoms with Crippen LogP contribution in [0.3, 0.4) is 0 Å². The molecule has 136 valence electrons. The van der Waals surface area contributed by atoms with E-state index >= 15 is 0 Å². The van der Waals surface area contributed by atoms with Crippen LogP contribution in [0.15, 0.2) is 12.1 Å². The normalized spacial score (nSPS) is 14.4. The number of hydrogen-bond acceptors (Lipinski definition) is 4. The molecule has 0 aliphatic carbocycles. The van der Waals surface area contributed by atoms with Crippen LogP contribution in [0.5, 0.6) is 5.75 Å². The van der Waals surface area contributed by atoms with Crippen LogP contribution in [0, 0.1) is 16.6 Å². The van der Waals surface area contributed by atoms with E-state index in [1.54, 1.807) is 73.8 Å². The summed E-state index contributed by atoms with van der Waals surface area (Å²) in [5.74, 6) is -7.38. The van der Waals surface area contributed by atoms with Gasteiger partial charge < -0.3 is 4.74 Å². The molecule has 0 aliphatic rings. The van der Waals surface area contributed by atoms with Crippen LogP contribution >= 0.6 is 67.8 Å². The van der Waals surface area contributed by atoms with Gasteiger partial charge in [-0.1, -0.05) is 0 Å². The Labute approximate surface area is 172 Å². The topological polar surface area (TPSA) is 80.7 Å². The van der Waals surface area contributed by atoms with E-state index in [-0.39, 0.29) is 3.57 Å². The molecule has 1 N–H and O–H groups in total. The predicted octanol–water partition coefficient (Wildman–Crippen LogP) is 4.06. The van der Waals surface area contributed by atoms with Crippen molar-refractivity contribution in [3.8, 4) is 5.75 Å². The lowest BCUT2D eigenvalue weighted by atomic mass is 10.1. The molecule has 0 saturated carbocycles. The van der Waals surface area contributed by atoms with Gasteiger partial charge in [-0.3, -0.25) is 9.35 Å². The molecule has 0 radical (unpaired) electrons. The summed E-state index contributed by atoms with van der Waals surface area (Å²) in [5, 5.41) is -5.80. The van der Waals surface area contributed by atoms with E-state index in [1.165, 1.54) is 0 Å². The number of carbonyl (C=O) groups is 1. The Bertz CT molecular complexity index is 765. The molecule has 1 aromatic rings. The summed E-state index contributed by atoms with van der Waals surface area (Å²) in [5.41, 5.74) is 0. The predicted molar refractivity (Wildman–Crippen MR) is 96.3 cm³/mol. The van der Waals surface area contributed by atoms with E-state index in [9.17, 15) is 35.2 Å². The van der Waals surface area contributed by atoms with Gasteiger partial charge in [0.15, 0.2) is 0 Å². The van der Waals surface area contributed by atoms with Crippen LogP contribution in [0.2, 0.25) is 0 Å². The second-order valence-corrected chi connectivity index (χ2v) is 9.11. The minimum Gasteiger partial charge on any atom is -0.425 e. The molecule has 14 heteroatoms. The summed E-state index contributed by atoms with van der Waals surface area (Å²) >= 11 is 5.14. The van der Waals surface area contributed by atoms with Crippen LogP contribution in [-0.2, 0) is 14.9 Å². The largest absolute Gasteiger partial charge is 0.425 e. The van der Waals surface area contributed by atoms with Gasteiger partial charge in [-0.2, -0.15) is 30.4 Å². The van der Waals surface area contributed by atoms with Crippen molar-refractivity contribution in [1.82, 2.24) is 0 Å². The minimum absolute atomic E-state index is 0.165. The Hall–Kier alpha value is 0.440. The van der Waals surface area contributed by atoms with E-state index in [0.717, 1.165) is 6.07 Å². The average molecular weight is 712 g/mol. The third-order valence-electron chi connectivity index (χ3n) is 2.41. The molecule has 0 aliphatic heterocycles. The van der Waals surface area contributed by atoms with Gasteiger partial charge in [0.25, 0.3) is 0 Å². The Morgan fingerprint density at radius 2 is 1.62 bits per heavy atom. The molecular formula is C10H4F5I3O5S. The third-order valence-corrected chi connectivity index (χ3v) is 6.96. The van der Waals surface area contributed by atoms with Gasteiger partial charge >= 0.3 is 27.5 Å². The number of alkyl halides is 5. The monoisotopic (exact) mass is 712 g/mol. The standard InChI is InChI=1S/C10H4F5I3O5S/c11-9(12,13)7(10(14,15)24(20,21)22)8(19)23-5-2-3(16)1-4(17)6(5)18/h1-2,7H,(H,20,21,22). The lowest BCUT2D eigenvalue weighted by Crippen LogP contribution is -2.50. The van der Waals surface area contributed by atoms with Crippen molar-refractivity contribution >= 4 is 83.9 Å². The molecule has 0 amide bonds. The molecule has 0 spiro atoms. The summed E-state index contributed by atoms with van der Waals surface area (Å²) in [6.45, 7) is 0. The second kappa shape index (κ2) is 7.59. The number of benzene rings is 1. The first-order valence-corrected chi connectivity index (χ1v) is 10.0. The molecule has 0 bridgehead atoms. The van der Waals surface area contributed by atoms with Gasteiger partial charge in [0, 0.05) is 7.14 Å². The Balaban J connectivity index is 3.36. The minimum atomic E-state index is -6.51. The Morgan fingerprint density at radius 1 is 1.12 bits per heavy atom. The van der Waals surface area contributed by atoms with Crippen molar-refractivity contribution in [2.75, 3.05) is 0 Å². The van der Waals surface area contributed by atoms with E-state index < -0.39 is 39.2 Å². The van der Waals surface area contributed by atoms with Gasteiger partial charge in [-0.25, -0.2) is 0 Å². The average Bonchev–Trinajstić information content (AvgIpc) is 2.31. The number of ether oxygens (including phenoxy) is 1. The quantitative estimate of drug-likeness (QED) is 0.127. The highest BCUT2D eigenvalue weighted by molar-refractivity contribution is 14.1. The van der Waals surface area contributed by atoms with Gasteiger partial charge in [0.05, 0.1) is 3.57 Å². The fraction of sp³-hybridized carbons (Fsp3) is 0.300. The molecule has 1 aromatic carbocycles. The van der Waals surface area contributed by atoms with Crippen LogP contribution in [0.4, 0.5) is 22.0 Å². The summed E-state index contributed by atoms with van der Waals surface area (Å²) in [6.07, 6.45) is -5.98. The van der Waals surface area contributed by atoms with Crippen LogP contribution in [-0.4, -0.2) is 30.4 Å². The molecule has 1 unspecified atom stereocenters. The highest BCUT2D eigenvalue weighted by atomic mass is 127. The van der Waals surface area contributed by atoms with Crippen molar-refractivity contribution in [2.24, 2.45) is 5.92 Å². The fourth-order valence-corrected chi connectivity index (χ4v) is 4.12. The van der Waals surface area contributed by atoms with Gasteiger partial charge in [-0.15, -0.1) is 0 Å². The molecule has 24 heavy (non-hydrogen) atoms. The first kappa shape index (κ1) is 22.5. The molecule has 0 fully saturated rings. The van der Waals surface area contributed by atoms with Gasteiger partial charge in [0.2, 0.25) is 5.92 Å². The molecule has 0 aromatic heterocycles. The zero-order valence-corrected chi connectivity index (χ0v) is 18.0. The number of rotatable bonds is 4. The lowest BCUT2D eigenvalue weighted by molar-refractivity contribution is -0.224. The van der Waals surface area contributed by atoms with Crippen molar-refractivity contribution in [3.63, 3.8) is 0 Å². The molecule has 1 rings (SSSR count). The molecule has 1 atom stereocenters. The maximum Gasteiger partial charge on any atom is 0.409 e. The van der Waals surface area contributed by atoms with E-state index in [0.29, 0.717) is 7.14 Å².